The van der Waals surface area contributed by atoms with Crippen LogP contribution >= 0.6 is 0 Å². The van der Waals surface area contributed by atoms with Gasteiger partial charge in [-0.15, -0.1) is 0 Å². The molecule has 156 valence electrons. The first-order valence-corrected chi connectivity index (χ1v) is 9.31. The molecule has 8 heteroatoms. The predicted molar refractivity (Wildman–Crippen MR) is 106 cm³/mol. The molecule has 7 nitrogen and oxygen atoms in total. The molecule has 30 heavy (non-hydrogen) atoms. The summed E-state index contributed by atoms with van der Waals surface area (Å²) in [6.45, 7) is 5.10. The van der Waals surface area contributed by atoms with Crippen molar-refractivity contribution in [2.75, 3.05) is 0 Å². The number of esters is 2. The van der Waals surface area contributed by atoms with E-state index in [1.807, 2.05) is 0 Å². The van der Waals surface area contributed by atoms with Gasteiger partial charge in [0.15, 0.2) is 0 Å². The highest BCUT2D eigenvalue weighted by atomic mass is 19.1. The van der Waals surface area contributed by atoms with Crippen molar-refractivity contribution in [2.24, 2.45) is 0 Å². The van der Waals surface area contributed by atoms with Crippen molar-refractivity contribution in [2.45, 2.75) is 32.9 Å². The average Bonchev–Trinajstić information content (AvgIpc) is 2.67. The Kier molecular flexibility index (Phi) is 6.15. The summed E-state index contributed by atoms with van der Waals surface area (Å²) in [5, 5.41) is 5.28. The first-order valence-electron chi connectivity index (χ1n) is 9.31. The maximum atomic E-state index is 13.0. The third-order valence-corrected chi connectivity index (χ3v) is 4.34. The number of carbonyl (C=O) groups excluding carboxylic acids is 3. The molecule has 1 unspecified atom stereocenters. The Morgan fingerprint density at radius 3 is 2.23 bits per heavy atom. The summed E-state index contributed by atoms with van der Waals surface area (Å²) >= 11 is 0. The second-order valence-electron chi connectivity index (χ2n) is 6.99. The van der Waals surface area contributed by atoms with E-state index >= 15 is 0 Å². The minimum Gasteiger partial charge on any atom is -0.459 e. The van der Waals surface area contributed by atoms with E-state index in [1.54, 1.807) is 45.0 Å². The zero-order chi connectivity index (χ0) is 21.8. The van der Waals surface area contributed by atoms with Gasteiger partial charge in [0.2, 0.25) is 0 Å². The molecule has 1 atom stereocenters. The fourth-order valence-electron chi connectivity index (χ4n) is 2.97. The fraction of sp³-hybridized carbons (Fsp3) is 0.227. The zero-order valence-electron chi connectivity index (χ0n) is 16.7. The monoisotopic (exact) mass is 412 g/mol. The highest BCUT2D eigenvalue weighted by Crippen LogP contribution is 2.29. The summed E-state index contributed by atoms with van der Waals surface area (Å²) in [5.74, 6) is -1.35. The van der Waals surface area contributed by atoms with Gasteiger partial charge in [-0.2, -0.15) is 0 Å². The van der Waals surface area contributed by atoms with Crippen LogP contribution in [0.15, 0.2) is 59.8 Å². The van der Waals surface area contributed by atoms with Gasteiger partial charge in [0, 0.05) is 5.70 Å². The van der Waals surface area contributed by atoms with Gasteiger partial charge in [0.1, 0.15) is 11.6 Å². The summed E-state index contributed by atoms with van der Waals surface area (Å²) < 4.78 is 23.6. The largest absolute Gasteiger partial charge is 0.459 e. The number of hydrogen-bond acceptors (Lipinski definition) is 5. The number of nitrogens with one attached hydrogen (secondary N) is 2. The summed E-state index contributed by atoms with van der Waals surface area (Å²) in [6.07, 6.45) is -0.315. The minimum absolute atomic E-state index is 0.211. The number of hydrogen-bond donors (Lipinski definition) is 2. The van der Waals surface area contributed by atoms with Gasteiger partial charge in [-0.25, -0.2) is 18.8 Å². The number of halogens is 1. The zero-order valence-corrected chi connectivity index (χ0v) is 16.7. The summed E-state index contributed by atoms with van der Waals surface area (Å²) in [6, 6.07) is 10.2. The maximum Gasteiger partial charge on any atom is 0.343 e. The van der Waals surface area contributed by atoms with Gasteiger partial charge >= 0.3 is 18.0 Å². The Labute approximate surface area is 172 Å². The molecule has 0 spiro atoms. The lowest BCUT2D eigenvalue weighted by Crippen LogP contribution is -2.45. The van der Waals surface area contributed by atoms with E-state index in [9.17, 15) is 18.8 Å². The van der Waals surface area contributed by atoms with Crippen molar-refractivity contribution < 1.29 is 28.2 Å². The van der Waals surface area contributed by atoms with Crippen molar-refractivity contribution >= 4 is 18.0 Å². The number of rotatable bonds is 5. The maximum absolute atomic E-state index is 13.0. The molecule has 0 bridgehead atoms. The van der Waals surface area contributed by atoms with Crippen LogP contribution < -0.4 is 15.4 Å². The van der Waals surface area contributed by atoms with Gasteiger partial charge in [-0.3, -0.25) is 0 Å². The molecule has 2 amide bonds. The van der Waals surface area contributed by atoms with Crippen LogP contribution in [0, 0.1) is 5.82 Å². The molecule has 1 aliphatic rings. The molecule has 0 fully saturated rings. The van der Waals surface area contributed by atoms with Crippen molar-refractivity contribution in [3.8, 4) is 5.75 Å². The third-order valence-electron chi connectivity index (χ3n) is 4.34. The number of ether oxygens (including phenoxy) is 2. The summed E-state index contributed by atoms with van der Waals surface area (Å²) in [5.41, 5.74) is 1.52. The van der Waals surface area contributed by atoms with Crippen molar-refractivity contribution in [1.82, 2.24) is 10.6 Å². The van der Waals surface area contributed by atoms with Gasteiger partial charge in [0.05, 0.1) is 23.3 Å². The van der Waals surface area contributed by atoms with Crippen LogP contribution in [0.3, 0.4) is 0 Å². The Morgan fingerprint density at radius 2 is 1.63 bits per heavy atom. The average molecular weight is 412 g/mol. The quantitative estimate of drug-likeness (QED) is 0.578. The molecule has 3 rings (SSSR count). The van der Waals surface area contributed by atoms with Crippen LogP contribution in [-0.2, 0) is 9.53 Å². The van der Waals surface area contributed by atoms with Crippen LogP contribution in [0.2, 0.25) is 0 Å². The van der Waals surface area contributed by atoms with Crippen molar-refractivity contribution in [3.05, 3.63) is 76.7 Å². The first-order chi connectivity index (χ1) is 14.2. The second-order valence-corrected chi connectivity index (χ2v) is 6.99. The van der Waals surface area contributed by atoms with E-state index in [1.165, 1.54) is 24.3 Å². The summed E-state index contributed by atoms with van der Waals surface area (Å²) in [4.78, 5) is 36.6. The summed E-state index contributed by atoms with van der Waals surface area (Å²) in [7, 11) is 0. The van der Waals surface area contributed by atoms with Gasteiger partial charge in [0.25, 0.3) is 0 Å². The number of allylic oxidation sites excluding steroid dienone is 1. The molecular formula is C22H21FN2O5. The molecule has 1 aliphatic heterocycles. The standard InChI is InChI=1S/C22H21FN2O5/c1-12(2)29-21(27)18-13(3)24-22(28)25-19(18)14-6-10-17(11-7-14)30-20(26)15-4-8-16(23)9-5-15/h4-12,19H,1-3H3,(H2,24,25,28). The van der Waals surface area contributed by atoms with E-state index in [0.29, 0.717) is 16.8 Å². The Balaban J connectivity index is 1.80. The lowest BCUT2D eigenvalue weighted by atomic mass is 9.95. The van der Waals surface area contributed by atoms with Crippen LogP contribution in [0.5, 0.6) is 5.75 Å². The van der Waals surface area contributed by atoms with E-state index in [-0.39, 0.29) is 17.4 Å². The molecule has 2 aromatic carbocycles. The molecular weight excluding hydrogens is 391 g/mol. The Hall–Kier alpha value is -3.68. The Morgan fingerprint density at radius 1 is 1.00 bits per heavy atom. The molecule has 0 saturated carbocycles. The van der Waals surface area contributed by atoms with E-state index < -0.39 is 29.8 Å². The normalized spacial score (nSPS) is 16.0. The number of amides is 2. The molecule has 1 heterocycles. The van der Waals surface area contributed by atoms with Gasteiger partial charge in [-0.05, 0) is 62.7 Å². The molecule has 0 aromatic heterocycles. The Bertz CT molecular complexity index is 997. The van der Waals surface area contributed by atoms with Crippen LogP contribution in [0.25, 0.3) is 0 Å². The lowest BCUT2D eigenvalue weighted by Gasteiger charge is -2.28. The molecule has 2 N–H and O–H groups in total. The predicted octanol–water partition coefficient (Wildman–Crippen LogP) is 3.62. The highest BCUT2D eigenvalue weighted by Gasteiger charge is 2.32. The van der Waals surface area contributed by atoms with Crippen LogP contribution in [0.4, 0.5) is 9.18 Å². The molecule has 0 radical (unpaired) electrons. The highest BCUT2D eigenvalue weighted by molar-refractivity contribution is 5.95. The van der Waals surface area contributed by atoms with E-state index in [0.717, 1.165) is 0 Å². The fourth-order valence-corrected chi connectivity index (χ4v) is 2.97. The second kappa shape index (κ2) is 8.77. The van der Waals surface area contributed by atoms with Gasteiger partial charge in [-0.1, -0.05) is 12.1 Å². The van der Waals surface area contributed by atoms with E-state index in [4.69, 9.17) is 9.47 Å². The first kappa shape index (κ1) is 21.0. The lowest BCUT2D eigenvalue weighted by molar-refractivity contribution is -0.143. The van der Waals surface area contributed by atoms with Crippen molar-refractivity contribution in [3.63, 3.8) is 0 Å². The number of urea groups is 1. The van der Waals surface area contributed by atoms with Gasteiger partial charge < -0.3 is 20.1 Å². The minimum atomic E-state index is -0.716. The van der Waals surface area contributed by atoms with E-state index in [2.05, 4.69) is 10.6 Å². The number of benzene rings is 2. The molecule has 2 aromatic rings. The molecule has 0 saturated heterocycles. The van der Waals surface area contributed by atoms with Crippen LogP contribution in [-0.4, -0.2) is 24.1 Å². The van der Waals surface area contributed by atoms with Crippen LogP contribution in [0.1, 0.15) is 42.7 Å². The third kappa shape index (κ3) is 4.83. The SMILES string of the molecule is CC1=C(C(=O)OC(C)C)C(c2ccc(OC(=O)c3ccc(F)cc3)cc2)NC(=O)N1. The molecule has 0 aliphatic carbocycles. The number of carbonyl (C=O) groups is 3. The van der Waals surface area contributed by atoms with Crippen molar-refractivity contribution in [1.29, 1.82) is 0 Å². The topological polar surface area (TPSA) is 93.7 Å². The smallest absolute Gasteiger partial charge is 0.343 e.